The summed E-state index contributed by atoms with van der Waals surface area (Å²) in [6, 6.07) is 0. The third kappa shape index (κ3) is 4.63. The second-order valence-electron chi connectivity index (χ2n) is 4.23. The lowest BCUT2D eigenvalue weighted by Crippen LogP contribution is -2.40. The van der Waals surface area contributed by atoms with E-state index in [0.29, 0.717) is 5.92 Å². The van der Waals surface area contributed by atoms with E-state index in [1.807, 2.05) is 27.7 Å². The van der Waals surface area contributed by atoms with E-state index in [0.717, 1.165) is 25.9 Å². The molecule has 0 saturated carbocycles. The second-order valence-corrected chi connectivity index (χ2v) is 4.23. The molecule has 0 spiro atoms. The molecule has 1 heterocycles. The topological polar surface area (TPSA) is 23.5 Å². The summed E-state index contributed by atoms with van der Waals surface area (Å²) in [5.74, 6) is 0.499. The molecule has 0 aromatic carbocycles. The number of piperidine rings is 1. The standard InChI is InChI=1S/C9H19NO.C2H6/c1-9(2,11)8-4-6-10(3)7-5-8;1-2/h8,11H,4-7H2,1-3H3;1-2H3. The molecular weight excluding hydrogens is 162 g/mol. The minimum absolute atomic E-state index is 0.471. The van der Waals surface area contributed by atoms with E-state index in [-0.39, 0.29) is 0 Å². The van der Waals surface area contributed by atoms with Crippen LogP contribution in [0.3, 0.4) is 0 Å². The zero-order valence-electron chi connectivity index (χ0n) is 9.80. The monoisotopic (exact) mass is 187 g/mol. The number of rotatable bonds is 1. The molecule has 0 unspecified atom stereocenters. The molecule has 1 N–H and O–H groups in total. The quantitative estimate of drug-likeness (QED) is 0.680. The van der Waals surface area contributed by atoms with E-state index in [1.165, 1.54) is 0 Å². The predicted octanol–water partition coefficient (Wildman–Crippen LogP) is 2.13. The molecule has 13 heavy (non-hydrogen) atoms. The van der Waals surface area contributed by atoms with Crippen LogP contribution in [-0.2, 0) is 0 Å². The number of hydrogen-bond donors (Lipinski definition) is 1. The van der Waals surface area contributed by atoms with Crippen LogP contribution >= 0.6 is 0 Å². The SMILES string of the molecule is CC.CN1CCC(C(C)(C)O)CC1. The lowest BCUT2D eigenvalue weighted by atomic mass is 9.83. The van der Waals surface area contributed by atoms with Gasteiger partial charge in [0.2, 0.25) is 0 Å². The Morgan fingerprint density at radius 2 is 1.54 bits per heavy atom. The Labute approximate surface area is 82.9 Å². The summed E-state index contributed by atoms with van der Waals surface area (Å²) in [4.78, 5) is 2.32. The maximum atomic E-state index is 9.71. The smallest absolute Gasteiger partial charge is 0.0620 e. The fraction of sp³-hybridized carbons (Fsp3) is 1.00. The Balaban J connectivity index is 0.000000671. The normalized spacial score (nSPS) is 20.8. The Kier molecular flexibility index (Phi) is 5.57. The van der Waals surface area contributed by atoms with Gasteiger partial charge in [-0.3, -0.25) is 0 Å². The van der Waals surface area contributed by atoms with Gasteiger partial charge < -0.3 is 10.0 Å². The van der Waals surface area contributed by atoms with Crippen LogP contribution in [0.25, 0.3) is 0 Å². The Bertz CT molecular complexity index is 121. The molecule has 0 radical (unpaired) electrons. The first-order valence-electron chi connectivity index (χ1n) is 5.41. The molecular formula is C11H25NO. The van der Waals surface area contributed by atoms with E-state index >= 15 is 0 Å². The largest absolute Gasteiger partial charge is 0.390 e. The van der Waals surface area contributed by atoms with Crippen molar-refractivity contribution in [1.82, 2.24) is 4.90 Å². The Morgan fingerprint density at radius 1 is 1.15 bits per heavy atom. The van der Waals surface area contributed by atoms with Gasteiger partial charge in [-0.15, -0.1) is 0 Å². The van der Waals surface area contributed by atoms with Crippen molar-refractivity contribution in [3.8, 4) is 0 Å². The van der Waals surface area contributed by atoms with E-state index in [4.69, 9.17) is 0 Å². The van der Waals surface area contributed by atoms with Crippen LogP contribution in [0.1, 0.15) is 40.5 Å². The number of hydrogen-bond acceptors (Lipinski definition) is 2. The van der Waals surface area contributed by atoms with Gasteiger partial charge in [-0.1, -0.05) is 13.8 Å². The van der Waals surface area contributed by atoms with Gasteiger partial charge in [0.15, 0.2) is 0 Å². The highest BCUT2D eigenvalue weighted by molar-refractivity contribution is 4.81. The number of aliphatic hydroxyl groups is 1. The molecule has 0 atom stereocenters. The first-order valence-corrected chi connectivity index (χ1v) is 5.41. The molecule has 1 aliphatic heterocycles. The summed E-state index contributed by atoms with van der Waals surface area (Å²) in [6.07, 6.45) is 2.28. The summed E-state index contributed by atoms with van der Waals surface area (Å²) >= 11 is 0. The minimum Gasteiger partial charge on any atom is -0.390 e. The zero-order valence-corrected chi connectivity index (χ0v) is 9.80. The van der Waals surface area contributed by atoms with Gasteiger partial charge in [0, 0.05) is 0 Å². The summed E-state index contributed by atoms with van der Waals surface area (Å²) in [5, 5.41) is 9.71. The van der Waals surface area contributed by atoms with Gasteiger partial charge in [0.1, 0.15) is 0 Å². The number of likely N-dealkylation sites (tertiary alicyclic amines) is 1. The molecule has 0 aromatic heterocycles. The van der Waals surface area contributed by atoms with Gasteiger partial charge in [0.25, 0.3) is 0 Å². The highest BCUT2D eigenvalue weighted by Crippen LogP contribution is 2.26. The highest BCUT2D eigenvalue weighted by Gasteiger charge is 2.29. The van der Waals surface area contributed by atoms with Gasteiger partial charge >= 0.3 is 0 Å². The van der Waals surface area contributed by atoms with Gasteiger partial charge in [-0.05, 0) is 52.7 Å². The van der Waals surface area contributed by atoms with Crippen molar-refractivity contribution in [2.45, 2.75) is 46.1 Å². The Morgan fingerprint density at radius 3 is 1.85 bits per heavy atom. The van der Waals surface area contributed by atoms with Crippen molar-refractivity contribution in [2.24, 2.45) is 5.92 Å². The van der Waals surface area contributed by atoms with Gasteiger partial charge in [0.05, 0.1) is 5.60 Å². The molecule has 80 valence electrons. The third-order valence-electron chi connectivity index (χ3n) is 2.72. The molecule has 1 saturated heterocycles. The van der Waals surface area contributed by atoms with Gasteiger partial charge in [-0.25, -0.2) is 0 Å². The van der Waals surface area contributed by atoms with Crippen LogP contribution in [0.2, 0.25) is 0 Å². The zero-order chi connectivity index (χ0) is 10.5. The van der Waals surface area contributed by atoms with Gasteiger partial charge in [-0.2, -0.15) is 0 Å². The fourth-order valence-corrected chi connectivity index (χ4v) is 1.72. The van der Waals surface area contributed by atoms with E-state index in [2.05, 4.69) is 11.9 Å². The van der Waals surface area contributed by atoms with Crippen LogP contribution in [-0.4, -0.2) is 35.7 Å². The lowest BCUT2D eigenvalue weighted by Gasteiger charge is -2.36. The molecule has 2 nitrogen and oxygen atoms in total. The van der Waals surface area contributed by atoms with Crippen molar-refractivity contribution in [1.29, 1.82) is 0 Å². The van der Waals surface area contributed by atoms with Crippen molar-refractivity contribution in [3.63, 3.8) is 0 Å². The predicted molar refractivity (Wildman–Crippen MR) is 57.9 cm³/mol. The summed E-state index contributed by atoms with van der Waals surface area (Å²) < 4.78 is 0. The van der Waals surface area contributed by atoms with Crippen molar-refractivity contribution in [3.05, 3.63) is 0 Å². The lowest BCUT2D eigenvalue weighted by molar-refractivity contribution is -0.00924. The van der Waals surface area contributed by atoms with Crippen molar-refractivity contribution >= 4 is 0 Å². The summed E-state index contributed by atoms with van der Waals surface area (Å²) in [6.45, 7) is 10.1. The van der Waals surface area contributed by atoms with Crippen LogP contribution in [0, 0.1) is 5.92 Å². The molecule has 0 aromatic rings. The van der Waals surface area contributed by atoms with Crippen molar-refractivity contribution < 1.29 is 5.11 Å². The Hall–Kier alpha value is -0.0800. The minimum atomic E-state index is -0.471. The summed E-state index contributed by atoms with van der Waals surface area (Å²) in [5.41, 5.74) is -0.471. The molecule has 0 aliphatic carbocycles. The molecule has 0 amide bonds. The molecule has 1 fully saturated rings. The second kappa shape index (κ2) is 5.61. The first-order chi connectivity index (χ1) is 6.00. The van der Waals surface area contributed by atoms with Crippen LogP contribution in [0.4, 0.5) is 0 Å². The average Bonchev–Trinajstić information content (AvgIpc) is 2.07. The van der Waals surface area contributed by atoms with E-state index in [9.17, 15) is 5.11 Å². The van der Waals surface area contributed by atoms with Crippen molar-refractivity contribution in [2.75, 3.05) is 20.1 Å². The van der Waals surface area contributed by atoms with Crippen LogP contribution in [0.15, 0.2) is 0 Å². The van der Waals surface area contributed by atoms with E-state index in [1.54, 1.807) is 0 Å². The first kappa shape index (κ1) is 12.9. The molecule has 1 rings (SSSR count). The van der Waals surface area contributed by atoms with Crippen LogP contribution in [0.5, 0.6) is 0 Å². The maximum absolute atomic E-state index is 9.71. The average molecular weight is 187 g/mol. The maximum Gasteiger partial charge on any atom is 0.0620 e. The summed E-state index contributed by atoms with van der Waals surface area (Å²) in [7, 11) is 2.14. The third-order valence-corrected chi connectivity index (χ3v) is 2.72. The fourth-order valence-electron chi connectivity index (χ4n) is 1.72. The number of nitrogens with zero attached hydrogens (tertiary/aromatic N) is 1. The van der Waals surface area contributed by atoms with E-state index < -0.39 is 5.60 Å². The molecule has 2 heteroatoms. The molecule has 0 bridgehead atoms. The molecule has 1 aliphatic rings. The highest BCUT2D eigenvalue weighted by atomic mass is 16.3. The van der Waals surface area contributed by atoms with Crippen LogP contribution < -0.4 is 0 Å².